The predicted octanol–water partition coefficient (Wildman–Crippen LogP) is 1.07. The molecule has 0 aromatic carbocycles. The monoisotopic (exact) mass is 225 g/mol. The molecular formula is C11H19N3S. The van der Waals surface area contributed by atoms with Crippen molar-refractivity contribution in [2.24, 2.45) is 4.99 Å². The molecule has 0 amide bonds. The number of hydrogen-bond acceptors (Lipinski definition) is 2. The molecule has 2 N–H and O–H groups in total. The van der Waals surface area contributed by atoms with E-state index in [0.29, 0.717) is 12.6 Å². The van der Waals surface area contributed by atoms with E-state index in [1.54, 1.807) is 7.05 Å². The average Bonchev–Trinajstić information content (AvgIpc) is 2.71. The van der Waals surface area contributed by atoms with Crippen LogP contribution in [0.1, 0.15) is 19.3 Å². The summed E-state index contributed by atoms with van der Waals surface area (Å²) in [7, 11) is 1.77. The van der Waals surface area contributed by atoms with E-state index in [-0.39, 0.29) is 0 Å². The van der Waals surface area contributed by atoms with Gasteiger partial charge >= 0.3 is 0 Å². The second-order valence-corrected chi connectivity index (χ2v) is 4.78. The van der Waals surface area contributed by atoms with Crippen molar-refractivity contribution in [2.75, 3.05) is 19.8 Å². The van der Waals surface area contributed by atoms with Crippen LogP contribution in [0, 0.1) is 12.3 Å². The molecule has 3 nitrogen and oxygen atoms in total. The van der Waals surface area contributed by atoms with E-state index in [9.17, 15) is 0 Å². The van der Waals surface area contributed by atoms with E-state index in [1.807, 2.05) is 11.8 Å². The van der Waals surface area contributed by atoms with Gasteiger partial charge in [0, 0.05) is 18.3 Å². The van der Waals surface area contributed by atoms with Crippen LogP contribution in [0.2, 0.25) is 0 Å². The number of guanidine groups is 1. The SMILES string of the molecule is C#CCNC(=NC)NC1CCC(SC)C1. The first kappa shape index (κ1) is 12.3. The van der Waals surface area contributed by atoms with Crippen molar-refractivity contribution in [3.63, 3.8) is 0 Å². The zero-order valence-electron chi connectivity index (χ0n) is 9.42. The topological polar surface area (TPSA) is 36.4 Å². The third kappa shape index (κ3) is 4.05. The van der Waals surface area contributed by atoms with E-state index < -0.39 is 0 Å². The van der Waals surface area contributed by atoms with Crippen molar-refractivity contribution >= 4 is 17.7 Å². The van der Waals surface area contributed by atoms with E-state index in [1.165, 1.54) is 19.3 Å². The summed E-state index contributed by atoms with van der Waals surface area (Å²) >= 11 is 1.96. The number of nitrogens with zero attached hydrogens (tertiary/aromatic N) is 1. The van der Waals surface area contributed by atoms with Crippen LogP contribution in [0.25, 0.3) is 0 Å². The molecule has 0 spiro atoms. The highest BCUT2D eigenvalue weighted by molar-refractivity contribution is 7.99. The molecule has 1 rings (SSSR count). The van der Waals surface area contributed by atoms with Gasteiger partial charge in [0.1, 0.15) is 0 Å². The largest absolute Gasteiger partial charge is 0.354 e. The second-order valence-electron chi connectivity index (χ2n) is 3.64. The highest BCUT2D eigenvalue weighted by Crippen LogP contribution is 2.27. The molecule has 1 fully saturated rings. The summed E-state index contributed by atoms with van der Waals surface area (Å²) in [6, 6.07) is 0.548. The molecule has 2 unspecified atom stereocenters. The van der Waals surface area contributed by atoms with Crippen LogP contribution >= 0.6 is 11.8 Å². The summed E-state index contributed by atoms with van der Waals surface area (Å²) in [6.07, 6.45) is 11.1. The fourth-order valence-electron chi connectivity index (χ4n) is 1.81. The van der Waals surface area contributed by atoms with Crippen molar-refractivity contribution < 1.29 is 0 Å². The Morgan fingerprint density at radius 1 is 1.60 bits per heavy atom. The molecule has 0 aromatic rings. The summed E-state index contributed by atoms with van der Waals surface area (Å²) in [5.41, 5.74) is 0. The van der Waals surface area contributed by atoms with Gasteiger partial charge in [0.15, 0.2) is 5.96 Å². The first-order chi connectivity index (χ1) is 7.30. The fraction of sp³-hybridized carbons (Fsp3) is 0.727. The van der Waals surface area contributed by atoms with Gasteiger partial charge in [-0.3, -0.25) is 4.99 Å². The molecule has 0 bridgehead atoms. The maximum Gasteiger partial charge on any atom is 0.191 e. The van der Waals surface area contributed by atoms with Gasteiger partial charge in [-0.2, -0.15) is 11.8 Å². The third-order valence-corrected chi connectivity index (χ3v) is 3.74. The fourth-order valence-corrected chi connectivity index (χ4v) is 2.60. The maximum absolute atomic E-state index is 5.18. The third-order valence-electron chi connectivity index (χ3n) is 2.64. The summed E-state index contributed by atoms with van der Waals surface area (Å²) in [4.78, 5) is 4.13. The van der Waals surface area contributed by atoms with Crippen LogP contribution in [0.15, 0.2) is 4.99 Å². The lowest BCUT2D eigenvalue weighted by atomic mass is 10.2. The van der Waals surface area contributed by atoms with Crippen LogP contribution in [0.3, 0.4) is 0 Å². The van der Waals surface area contributed by atoms with Crippen molar-refractivity contribution in [2.45, 2.75) is 30.6 Å². The maximum atomic E-state index is 5.18. The number of nitrogens with one attached hydrogen (secondary N) is 2. The Labute approximate surface area is 96.5 Å². The minimum absolute atomic E-state index is 0.526. The van der Waals surface area contributed by atoms with E-state index >= 15 is 0 Å². The van der Waals surface area contributed by atoms with Crippen molar-refractivity contribution in [3.05, 3.63) is 0 Å². The molecule has 0 aromatic heterocycles. The van der Waals surface area contributed by atoms with Gasteiger partial charge in [-0.05, 0) is 25.5 Å². The van der Waals surface area contributed by atoms with Crippen molar-refractivity contribution in [3.8, 4) is 12.3 Å². The number of rotatable bonds is 3. The summed E-state index contributed by atoms with van der Waals surface area (Å²) in [5, 5.41) is 7.27. The standard InChI is InChI=1S/C11H19N3S/c1-4-7-13-11(12-2)14-9-5-6-10(8-9)15-3/h1,9-10H,5-8H2,2-3H3,(H2,12,13,14). The Bertz CT molecular complexity index is 257. The number of aliphatic imine (C=N–C) groups is 1. The zero-order chi connectivity index (χ0) is 11.1. The second kappa shape index (κ2) is 6.62. The van der Waals surface area contributed by atoms with Crippen LogP contribution in [-0.2, 0) is 0 Å². The normalized spacial score (nSPS) is 26.1. The van der Waals surface area contributed by atoms with Crippen LogP contribution < -0.4 is 10.6 Å². The van der Waals surface area contributed by atoms with Crippen LogP contribution in [0.4, 0.5) is 0 Å². The van der Waals surface area contributed by atoms with Gasteiger partial charge in [0.25, 0.3) is 0 Å². The number of terminal acetylenes is 1. The lowest BCUT2D eigenvalue weighted by molar-refractivity contribution is 0.619. The Morgan fingerprint density at radius 2 is 2.40 bits per heavy atom. The quantitative estimate of drug-likeness (QED) is 0.428. The predicted molar refractivity (Wildman–Crippen MR) is 68.3 cm³/mol. The van der Waals surface area contributed by atoms with Gasteiger partial charge in [0.2, 0.25) is 0 Å². The van der Waals surface area contributed by atoms with Crippen LogP contribution in [-0.4, -0.2) is 37.1 Å². The van der Waals surface area contributed by atoms with Gasteiger partial charge in [0.05, 0.1) is 6.54 Å². The minimum atomic E-state index is 0.526. The van der Waals surface area contributed by atoms with Gasteiger partial charge in [-0.25, -0.2) is 0 Å². The minimum Gasteiger partial charge on any atom is -0.354 e. The van der Waals surface area contributed by atoms with E-state index in [4.69, 9.17) is 6.42 Å². The first-order valence-corrected chi connectivity index (χ1v) is 6.52. The van der Waals surface area contributed by atoms with E-state index in [0.717, 1.165) is 11.2 Å². The van der Waals surface area contributed by atoms with Crippen LogP contribution in [0.5, 0.6) is 0 Å². The molecule has 1 aliphatic carbocycles. The summed E-state index contributed by atoms with van der Waals surface area (Å²) < 4.78 is 0. The molecule has 2 atom stereocenters. The molecule has 1 saturated carbocycles. The Morgan fingerprint density at radius 3 is 2.93 bits per heavy atom. The highest BCUT2D eigenvalue weighted by Gasteiger charge is 2.24. The molecule has 15 heavy (non-hydrogen) atoms. The molecule has 0 saturated heterocycles. The Hall–Kier alpha value is -0.820. The molecule has 84 valence electrons. The smallest absolute Gasteiger partial charge is 0.191 e. The molecular weight excluding hydrogens is 206 g/mol. The molecule has 0 heterocycles. The molecule has 0 radical (unpaired) electrons. The number of hydrogen-bond donors (Lipinski definition) is 2. The average molecular weight is 225 g/mol. The number of thioether (sulfide) groups is 1. The summed E-state index contributed by atoms with van der Waals surface area (Å²) in [6.45, 7) is 0.526. The zero-order valence-corrected chi connectivity index (χ0v) is 10.2. The van der Waals surface area contributed by atoms with Gasteiger partial charge in [-0.1, -0.05) is 5.92 Å². The molecule has 0 aliphatic heterocycles. The Balaban J connectivity index is 2.31. The van der Waals surface area contributed by atoms with E-state index in [2.05, 4.69) is 27.8 Å². The molecule has 4 heteroatoms. The van der Waals surface area contributed by atoms with Gasteiger partial charge in [-0.15, -0.1) is 6.42 Å². The Kier molecular flexibility index (Phi) is 5.41. The lowest BCUT2D eigenvalue weighted by Crippen LogP contribution is -2.42. The van der Waals surface area contributed by atoms with Gasteiger partial charge < -0.3 is 10.6 Å². The summed E-state index contributed by atoms with van der Waals surface area (Å²) in [5.74, 6) is 3.36. The van der Waals surface area contributed by atoms with Crippen molar-refractivity contribution in [1.82, 2.24) is 10.6 Å². The molecule has 1 aliphatic rings. The van der Waals surface area contributed by atoms with Crippen molar-refractivity contribution in [1.29, 1.82) is 0 Å². The first-order valence-electron chi connectivity index (χ1n) is 5.23. The highest BCUT2D eigenvalue weighted by atomic mass is 32.2. The lowest BCUT2D eigenvalue weighted by Gasteiger charge is -2.16.